The number of hydrogen-bond donors (Lipinski definition) is 2. The van der Waals surface area contributed by atoms with Gasteiger partial charge >= 0.3 is 0 Å². The zero-order valence-corrected chi connectivity index (χ0v) is 12.4. The van der Waals surface area contributed by atoms with E-state index in [0.29, 0.717) is 25.2 Å². The smallest absolute Gasteiger partial charge is 0.239 e. The second-order valence-corrected chi connectivity index (χ2v) is 5.78. The molecule has 0 aromatic heterocycles. The fourth-order valence-electron chi connectivity index (χ4n) is 3.17. The van der Waals surface area contributed by atoms with Crippen LogP contribution in [0, 0.1) is 5.92 Å². The first kappa shape index (κ1) is 15.3. The summed E-state index contributed by atoms with van der Waals surface area (Å²) in [6.45, 7) is 1.36. The molecule has 0 spiro atoms. The van der Waals surface area contributed by atoms with Crippen LogP contribution in [-0.2, 0) is 14.3 Å². The molecular formula is C14H25N3O3. The van der Waals surface area contributed by atoms with E-state index in [1.165, 1.54) is 6.42 Å². The Hall–Kier alpha value is -1.14. The summed E-state index contributed by atoms with van der Waals surface area (Å²) in [6, 6.07) is 0.824. The first-order valence-electron chi connectivity index (χ1n) is 7.38. The van der Waals surface area contributed by atoms with E-state index in [1.54, 1.807) is 19.1 Å². The SMILES string of the molecule is COCCCNC(=O)CN(C)C(=O)C1CC2CCC1N2. The number of rotatable bonds is 7. The van der Waals surface area contributed by atoms with Crippen molar-refractivity contribution >= 4 is 11.8 Å². The minimum absolute atomic E-state index is 0.0556. The Morgan fingerprint density at radius 3 is 2.80 bits per heavy atom. The van der Waals surface area contributed by atoms with Gasteiger partial charge in [-0.1, -0.05) is 0 Å². The number of nitrogens with zero attached hydrogens (tertiary/aromatic N) is 1. The molecule has 2 heterocycles. The van der Waals surface area contributed by atoms with Crippen LogP contribution in [0.1, 0.15) is 25.7 Å². The summed E-state index contributed by atoms with van der Waals surface area (Å²) in [5.41, 5.74) is 0. The highest BCUT2D eigenvalue weighted by molar-refractivity contribution is 5.86. The number of carbonyl (C=O) groups excluding carboxylic acids is 2. The van der Waals surface area contributed by atoms with Gasteiger partial charge in [0.15, 0.2) is 0 Å². The summed E-state index contributed by atoms with van der Waals surface area (Å²) in [4.78, 5) is 25.6. The molecule has 2 aliphatic heterocycles. The minimum atomic E-state index is -0.104. The molecule has 6 nitrogen and oxygen atoms in total. The normalized spacial score (nSPS) is 27.6. The largest absolute Gasteiger partial charge is 0.385 e. The minimum Gasteiger partial charge on any atom is -0.385 e. The van der Waals surface area contributed by atoms with Crippen molar-refractivity contribution < 1.29 is 14.3 Å². The summed E-state index contributed by atoms with van der Waals surface area (Å²) in [6.07, 6.45) is 3.97. The van der Waals surface area contributed by atoms with Gasteiger partial charge < -0.3 is 20.3 Å². The fraction of sp³-hybridized carbons (Fsp3) is 0.857. The maximum Gasteiger partial charge on any atom is 0.239 e. The molecule has 0 aromatic carbocycles. The zero-order chi connectivity index (χ0) is 14.5. The van der Waals surface area contributed by atoms with Gasteiger partial charge in [-0.05, 0) is 25.7 Å². The molecule has 0 radical (unpaired) electrons. The third-order valence-corrected chi connectivity index (χ3v) is 4.22. The average molecular weight is 283 g/mol. The molecule has 2 bridgehead atoms. The van der Waals surface area contributed by atoms with Gasteiger partial charge in [-0.15, -0.1) is 0 Å². The predicted octanol–water partition coefficient (Wildman–Crippen LogP) is -0.262. The summed E-state index contributed by atoms with van der Waals surface area (Å²) in [5, 5.41) is 6.25. The van der Waals surface area contributed by atoms with E-state index in [1.807, 2.05) is 0 Å². The Kier molecular flexibility index (Phi) is 5.37. The van der Waals surface area contributed by atoms with Crippen LogP contribution in [0.3, 0.4) is 0 Å². The van der Waals surface area contributed by atoms with Crippen molar-refractivity contribution in [3.05, 3.63) is 0 Å². The lowest BCUT2D eigenvalue weighted by Crippen LogP contribution is -2.44. The summed E-state index contributed by atoms with van der Waals surface area (Å²) >= 11 is 0. The molecule has 20 heavy (non-hydrogen) atoms. The van der Waals surface area contributed by atoms with Crippen molar-refractivity contribution in [3.63, 3.8) is 0 Å². The van der Waals surface area contributed by atoms with E-state index in [0.717, 1.165) is 19.3 Å². The molecule has 114 valence electrons. The monoisotopic (exact) mass is 283 g/mol. The standard InChI is InChI=1S/C14H25N3O3/c1-17(9-13(18)15-6-3-7-20-2)14(19)11-8-10-4-5-12(11)16-10/h10-12,16H,3-9H2,1-2H3,(H,15,18). The van der Waals surface area contributed by atoms with Crippen LogP contribution in [0.15, 0.2) is 0 Å². The number of methoxy groups -OCH3 is 1. The lowest BCUT2D eigenvalue weighted by Gasteiger charge is -2.25. The lowest BCUT2D eigenvalue weighted by atomic mass is 9.88. The molecule has 0 aliphatic carbocycles. The number of nitrogens with one attached hydrogen (secondary N) is 2. The summed E-state index contributed by atoms with van der Waals surface area (Å²) in [5.74, 6) is 0.0462. The van der Waals surface area contributed by atoms with Crippen molar-refractivity contribution in [2.75, 3.05) is 33.9 Å². The molecule has 3 atom stereocenters. The van der Waals surface area contributed by atoms with Crippen molar-refractivity contribution in [1.82, 2.24) is 15.5 Å². The van der Waals surface area contributed by atoms with Gasteiger partial charge in [0, 0.05) is 39.4 Å². The molecule has 3 unspecified atom stereocenters. The van der Waals surface area contributed by atoms with E-state index < -0.39 is 0 Å². The van der Waals surface area contributed by atoms with E-state index in [9.17, 15) is 9.59 Å². The molecular weight excluding hydrogens is 258 g/mol. The van der Waals surface area contributed by atoms with Gasteiger partial charge in [-0.2, -0.15) is 0 Å². The second kappa shape index (κ2) is 7.04. The van der Waals surface area contributed by atoms with Crippen LogP contribution >= 0.6 is 0 Å². The lowest BCUT2D eigenvalue weighted by molar-refractivity contribution is -0.138. The molecule has 2 fully saturated rings. The number of likely N-dealkylation sites (N-methyl/N-ethyl adjacent to an activating group) is 1. The third kappa shape index (κ3) is 3.70. The molecule has 2 saturated heterocycles. The highest BCUT2D eigenvalue weighted by Crippen LogP contribution is 2.34. The first-order valence-corrected chi connectivity index (χ1v) is 7.38. The van der Waals surface area contributed by atoms with Crippen LogP contribution in [-0.4, -0.2) is 62.7 Å². The van der Waals surface area contributed by atoms with Crippen LogP contribution in [0.2, 0.25) is 0 Å². The molecule has 0 aromatic rings. The number of hydrogen-bond acceptors (Lipinski definition) is 4. The zero-order valence-electron chi connectivity index (χ0n) is 12.4. The highest BCUT2D eigenvalue weighted by Gasteiger charge is 2.43. The summed E-state index contributed by atoms with van der Waals surface area (Å²) < 4.78 is 4.92. The van der Waals surface area contributed by atoms with Crippen molar-refractivity contribution in [3.8, 4) is 0 Å². The molecule has 0 saturated carbocycles. The second-order valence-electron chi connectivity index (χ2n) is 5.78. The van der Waals surface area contributed by atoms with Crippen LogP contribution < -0.4 is 10.6 Å². The molecule has 6 heteroatoms. The molecule has 2 aliphatic rings. The van der Waals surface area contributed by atoms with E-state index >= 15 is 0 Å². The number of amides is 2. The van der Waals surface area contributed by atoms with E-state index in [4.69, 9.17) is 4.74 Å². The molecule has 2 amide bonds. The van der Waals surface area contributed by atoms with E-state index in [-0.39, 0.29) is 24.3 Å². The Morgan fingerprint density at radius 1 is 1.40 bits per heavy atom. The quantitative estimate of drug-likeness (QED) is 0.632. The van der Waals surface area contributed by atoms with Gasteiger partial charge in [0.25, 0.3) is 0 Å². The van der Waals surface area contributed by atoms with Crippen molar-refractivity contribution in [2.24, 2.45) is 5.92 Å². The highest BCUT2D eigenvalue weighted by atomic mass is 16.5. The molecule has 2 rings (SSSR count). The Labute approximate surface area is 120 Å². The van der Waals surface area contributed by atoms with Gasteiger partial charge in [0.05, 0.1) is 12.5 Å². The van der Waals surface area contributed by atoms with Gasteiger partial charge in [0.2, 0.25) is 11.8 Å². The van der Waals surface area contributed by atoms with Crippen molar-refractivity contribution in [2.45, 2.75) is 37.8 Å². The Bertz CT molecular complexity index is 362. The van der Waals surface area contributed by atoms with Crippen LogP contribution in [0.5, 0.6) is 0 Å². The van der Waals surface area contributed by atoms with Gasteiger partial charge in [-0.25, -0.2) is 0 Å². The van der Waals surface area contributed by atoms with Gasteiger partial charge in [0.1, 0.15) is 0 Å². The van der Waals surface area contributed by atoms with Crippen LogP contribution in [0.25, 0.3) is 0 Å². The number of ether oxygens (including phenoxy) is 1. The van der Waals surface area contributed by atoms with E-state index in [2.05, 4.69) is 10.6 Å². The Morgan fingerprint density at radius 2 is 2.20 bits per heavy atom. The number of carbonyl (C=O) groups is 2. The molecule has 2 N–H and O–H groups in total. The maximum absolute atomic E-state index is 12.3. The maximum atomic E-state index is 12.3. The topological polar surface area (TPSA) is 70.7 Å². The average Bonchev–Trinajstić information content (AvgIpc) is 3.05. The fourth-order valence-corrected chi connectivity index (χ4v) is 3.17. The predicted molar refractivity (Wildman–Crippen MR) is 75.2 cm³/mol. The first-order chi connectivity index (χ1) is 9.61. The van der Waals surface area contributed by atoms with Crippen LogP contribution in [0.4, 0.5) is 0 Å². The van der Waals surface area contributed by atoms with Crippen molar-refractivity contribution in [1.29, 1.82) is 0 Å². The third-order valence-electron chi connectivity index (χ3n) is 4.22. The van der Waals surface area contributed by atoms with Gasteiger partial charge in [-0.3, -0.25) is 9.59 Å². The summed E-state index contributed by atoms with van der Waals surface area (Å²) in [7, 11) is 3.35. The Balaban J connectivity index is 1.70. The number of fused-ring (bicyclic) bond motifs is 2.